The molecular formula is C14H18ClN3O. The molecule has 0 spiro atoms. The molecule has 1 atom stereocenters. The Kier molecular flexibility index (Phi) is 4.93. The summed E-state index contributed by atoms with van der Waals surface area (Å²) < 4.78 is 5.30. The lowest BCUT2D eigenvalue weighted by Gasteiger charge is -2.06. The van der Waals surface area contributed by atoms with Crippen molar-refractivity contribution in [3.63, 3.8) is 0 Å². The minimum absolute atomic E-state index is 0.163. The molecule has 0 saturated heterocycles. The quantitative estimate of drug-likeness (QED) is 0.882. The van der Waals surface area contributed by atoms with Gasteiger partial charge in [0.1, 0.15) is 0 Å². The Hall–Kier alpha value is -1.39. The third kappa shape index (κ3) is 3.78. The van der Waals surface area contributed by atoms with Gasteiger partial charge < -0.3 is 10.3 Å². The zero-order chi connectivity index (χ0) is 13.7. The van der Waals surface area contributed by atoms with Crippen molar-refractivity contribution in [2.45, 2.75) is 32.1 Å². The third-order valence-corrected chi connectivity index (χ3v) is 3.28. The van der Waals surface area contributed by atoms with Crippen LogP contribution in [-0.4, -0.2) is 16.7 Å². The van der Waals surface area contributed by atoms with Gasteiger partial charge in [-0.25, -0.2) is 0 Å². The summed E-state index contributed by atoms with van der Waals surface area (Å²) in [4.78, 5) is 4.43. The smallest absolute Gasteiger partial charge is 0.231 e. The van der Waals surface area contributed by atoms with Crippen LogP contribution < -0.4 is 5.73 Å². The number of nitrogens with zero attached hydrogens (tertiary/aromatic N) is 2. The largest absolute Gasteiger partial charge is 0.339 e. The molecule has 1 unspecified atom stereocenters. The minimum atomic E-state index is 0.163. The van der Waals surface area contributed by atoms with Gasteiger partial charge in [-0.05, 0) is 24.1 Å². The van der Waals surface area contributed by atoms with Crippen molar-refractivity contribution in [3.8, 4) is 0 Å². The van der Waals surface area contributed by atoms with Gasteiger partial charge >= 0.3 is 0 Å². The number of halogens is 1. The zero-order valence-electron chi connectivity index (χ0n) is 11.0. The highest BCUT2D eigenvalue weighted by Gasteiger charge is 2.16. The first-order valence-corrected chi connectivity index (χ1v) is 6.87. The molecule has 102 valence electrons. The Bertz CT molecular complexity index is 510. The Morgan fingerprint density at radius 2 is 2.05 bits per heavy atom. The maximum absolute atomic E-state index is 5.85. The summed E-state index contributed by atoms with van der Waals surface area (Å²) >= 11 is 5.85. The molecule has 0 bridgehead atoms. The van der Waals surface area contributed by atoms with Crippen molar-refractivity contribution in [1.82, 2.24) is 10.1 Å². The molecule has 1 aromatic heterocycles. The fourth-order valence-electron chi connectivity index (χ4n) is 1.98. The second-order valence-corrected chi connectivity index (χ2v) is 5.01. The van der Waals surface area contributed by atoms with E-state index < -0.39 is 0 Å². The molecule has 1 heterocycles. The summed E-state index contributed by atoms with van der Waals surface area (Å²) in [5, 5.41) is 4.74. The van der Waals surface area contributed by atoms with Crippen LogP contribution in [0.2, 0.25) is 5.02 Å². The standard InChI is InChI=1S/C14H18ClN3O/c1-2-3-11(9-16)14-17-13(18-19-14)8-10-4-6-12(15)7-5-10/h4-7,11H,2-3,8-9,16H2,1H3. The van der Waals surface area contributed by atoms with Crippen molar-refractivity contribution in [2.24, 2.45) is 5.73 Å². The average Bonchev–Trinajstić information content (AvgIpc) is 2.87. The van der Waals surface area contributed by atoms with Crippen molar-refractivity contribution >= 4 is 11.6 Å². The van der Waals surface area contributed by atoms with Crippen molar-refractivity contribution in [1.29, 1.82) is 0 Å². The molecule has 4 nitrogen and oxygen atoms in total. The van der Waals surface area contributed by atoms with Crippen LogP contribution in [0.25, 0.3) is 0 Å². The monoisotopic (exact) mass is 279 g/mol. The highest BCUT2D eigenvalue weighted by Crippen LogP contribution is 2.19. The van der Waals surface area contributed by atoms with E-state index in [0.717, 1.165) is 23.4 Å². The lowest BCUT2D eigenvalue weighted by Crippen LogP contribution is -2.12. The van der Waals surface area contributed by atoms with Crippen LogP contribution in [0.3, 0.4) is 0 Å². The molecule has 2 N–H and O–H groups in total. The minimum Gasteiger partial charge on any atom is -0.339 e. The van der Waals surface area contributed by atoms with E-state index in [4.69, 9.17) is 21.9 Å². The van der Waals surface area contributed by atoms with E-state index in [2.05, 4.69) is 17.1 Å². The van der Waals surface area contributed by atoms with E-state index in [9.17, 15) is 0 Å². The SMILES string of the molecule is CCCC(CN)c1nc(Cc2ccc(Cl)cc2)no1. The van der Waals surface area contributed by atoms with Gasteiger partial charge in [-0.15, -0.1) is 0 Å². The van der Waals surface area contributed by atoms with Crippen LogP contribution >= 0.6 is 11.6 Å². The van der Waals surface area contributed by atoms with Crippen LogP contribution in [-0.2, 0) is 6.42 Å². The maximum atomic E-state index is 5.85. The molecule has 0 fully saturated rings. The molecule has 0 aliphatic carbocycles. The fraction of sp³-hybridized carbons (Fsp3) is 0.429. The number of hydrogen-bond donors (Lipinski definition) is 1. The summed E-state index contributed by atoms with van der Waals surface area (Å²) in [6.45, 7) is 2.66. The molecule has 19 heavy (non-hydrogen) atoms. The van der Waals surface area contributed by atoms with Gasteiger partial charge in [0.05, 0.1) is 5.92 Å². The number of aromatic nitrogens is 2. The van der Waals surface area contributed by atoms with E-state index in [1.165, 1.54) is 0 Å². The summed E-state index contributed by atoms with van der Waals surface area (Å²) in [5.41, 5.74) is 6.83. The normalized spacial score (nSPS) is 12.6. The number of nitrogens with two attached hydrogens (primary N) is 1. The summed E-state index contributed by atoms with van der Waals surface area (Å²) in [6, 6.07) is 7.64. The van der Waals surface area contributed by atoms with Gasteiger partial charge in [-0.3, -0.25) is 0 Å². The van der Waals surface area contributed by atoms with Gasteiger partial charge in [-0.2, -0.15) is 4.98 Å². The topological polar surface area (TPSA) is 64.9 Å². The number of benzene rings is 1. The Balaban J connectivity index is 2.06. The van der Waals surface area contributed by atoms with Crippen LogP contribution in [0.1, 0.15) is 43.0 Å². The molecule has 5 heteroatoms. The van der Waals surface area contributed by atoms with Crippen molar-refractivity contribution < 1.29 is 4.52 Å². The summed E-state index contributed by atoms with van der Waals surface area (Å²) in [5.74, 6) is 1.50. The first kappa shape index (κ1) is 14.0. The third-order valence-electron chi connectivity index (χ3n) is 3.03. The summed E-state index contributed by atoms with van der Waals surface area (Å²) in [7, 11) is 0. The Morgan fingerprint density at radius 3 is 2.68 bits per heavy atom. The molecule has 1 aromatic carbocycles. The van der Waals surface area contributed by atoms with Crippen LogP contribution in [0.15, 0.2) is 28.8 Å². The molecule has 2 aromatic rings. The van der Waals surface area contributed by atoms with E-state index in [1.807, 2.05) is 24.3 Å². The molecule has 0 saturated carbocycles. The number of hydrogen-bond acceptors (Lipinski definition) is 4. The average molecular weight is 280 g/mol. The fourth-order valence-corrected chi connectivity index (χ4v) is 2.11. The Labute approximate surface area is 118 Å². The highest BCUT2D eigenvalue weighted by atomic mass is 35.5. The van der Waals surface area contributed by atoms with Gasteiger partial charge in [0.2, 0.25) is 5.89 Å². The predicted octanol–water partition coefficient (Wildman–Crippen LogP) is 3.16. The molecule has 0 radical (unpaired) electrons. The molecule has 2 rings (SSSR count). The van der Waals surface area contributed by atoms with E-state index in [-0.39, 0.29) is 5.92 Å². The van der Waals surface area contributed by atoms with Crippen LogP contribution in [0, 0.1) is 0 Å². The van der Waals surface area contributed by atoms with E-state index >= 15 is 0 Å². The van der Waals surface area contributed by atoms with Crippen LogP contribution in [0.4, 0.5) is 0 Å². The molecule has 0 aliphatic rings. The first-order chi connectivity index (χ1) is 9.22. The highest BCUT2D eigenvalue weighted by molar-refractivity contribution is 6.30. The lowest BCUT2D eigenvalue weighted by atomic mass is 10.0. The molecule has 0 amide bonds. The second-order valence-electron chi connectivity index (χ2n) is 4.57. The van der Waals surface area contributed by atoms with Gasteiger partial charge in [0, 0.05) is 18.0 Å². The van der Waals surface area contributed by atoms with E-state index in [0.29, 0.717) is 24.7 Å². The lowest BCUT2D eigenvalue weighted by molar-refractivity contribution is 0.344. The molecular weight excluding hydrogens is 262 g/mol. The van der Waals surface area contributed by atoms with E-state index in [1.54, 1.807) is 0 Å². The first-order valence-electron chi connectivity index (χ1n) is 6.50. The van der Waals surface area contributed by atoms with Crippen LogP contribution in [0.5, 0.6) is 0 Å². The Morgan fingerprint density at radius 1 is 1.32 bits per heavy atom. The molecule has 0 aliphatic heterocycles. The second kappa shape index (κ2) is 6.68. The predicted molar refractivity (Wildman–Crippen MR) is 75.3 cm³/mol. The van der Waals surface area contributed by atoms with Gasteiger partial charge in [-0.1, -0.05) is 42.2 Å². The zero-order valence-corrected chi connectivity index (χ0v) is 11.7. The van der Waals surface area contributed by atoms with Gasteiger partial charge in [0.15, 0.2) is 5.82 Å². The van der Waals surface area contributed by atoms with Gasteiger partial charge in [0.25, 0.3) is 0 Å². The van der Waals surface area contributed by atoms with Crippen molar-refractivity contribution in [2.75, 3.05) is 6.54 Å². The number of rotatable bonds is 6. The summed E-state index contributed by atoms with van der Waals surface area (Å²) in [6.07, 6.45) is 2.67. The van der Waals surface area contributed by atoms with Crippen molar-refractivity contribution in [3.05, 3.63) is 46.6 Å². The maximum Gasteiger partial charge on any atom is 0.231 e.